The minimum Gasteiger partial charge on any atom is -0.394 e. The van der Waals surface area contributed by atoms with Crippen LogP contribution in [0.2, 0.25) is 0 Å². The Labute approximate surface area is 138 Å². The van der Waals surface area contributed by atoms with Crippen LogP contribution in [0.3, 0.4) is 0 Å². The van der Waals surface area contributed by atoms with E-state index in [4.69, 9.17) is 18.9 Å². The Balaban J connectivity index is 2.07. The second-order valence-corrected chi connectivity index (χ2v) is 6.43. The normalized spacial score (nSPS) is 47.9. The monoisotopic (exact) mass is 356 g/mol. The summed E-state index contributed by atoms with van der Waals surface area (Å²) in [7, 11) is 1.30. The highest BCUT2D eigenvalue weighted by Crippen LogP contribution is 2.30. The molecule has 2 saturated heterocycles. The molecule has 2 aliphatic heterocycles. The molecule has 0 aromatic heterocycles. The molecule has 10 heteroatoms. The zero-order chi connectivity index (χ0) is 17.1. The van der Waals surface area contributed by atoms with Gasteiger partial charge >= 0.3 is 0 Å². The quantitative estimate of drug-likeness (QED) is 0.341. The van der Waals surface area contributed by atoms with Crippen LogP contribution in [0.1, 0.15) is 0 Å². The molecule has 0 radical (unpaired) electrons. The van der Waals surface area contributed by atoms with E-state index in [1.165, 1.54) is 18.9 Å². The molecule has 23 heavy (non-hydrogen) atoms. The van der Waals surface area contributed by atoms with Gasteiger partial charge in [-0.05, 0) is 6.26 Å². The molecule has 0 amide bonds. The van der Waals surface area contributed by atoms with Crippen LogP contribution >= 0.6 is 11.8 Å². The molecule has 0 bridgehead atoms. The summed E-state index contributed by atoms with van der Waals surface area (Å²) < 4.78 is 21.1. The zero-order valence-electron chi connectivity index (χ0n) is 12.9. The second-order valence-electron chi connectivity index (χ2n) is 5.52. The van der Waals surface area contributed by atoms with Gasteiger partial charge in [-0.1, -0.05) is 0 Å². The van der Waals surface area contributed by atoms with Gasteiger partial charge in [0, 0.05) is 12.9 Å². The molecule has 0 saturated carbocycles. The first-order valence-corrected chi connectivity index (χ1v) is 8.65. The van der Waals surface area contributed by atoms with Gasteiger partial charge in [0.1, 0.15) is 36.6 Å². The molecule has 2 rings (SSSR count). The fourth-order valence-corrected chi connectivity index (χ4v) is 3.30. The number of methoxy groups -OCH3 is 1. The van der Waals surface area contributed by atoms with Crippen molar-refractivity contribution in [2.45, 2.75) is 55.3 Å². The number of hydrogen-bond acceptors (Lipinski definition) is 10. The molecule has 0 aromatic carbocycles. The summed E-state index contributed by atoms with van der Waals surface area (Å²) in [5.41, 5.74) is 0. The van der Waals surface area contributed by atoms with E-state index in [0.717, 1.165) is 0 Å². The van der Waals surface area contributed by atoms with Crippen LogP contribution in [0.25, 0.3) is 0 Å². The van der Waals surface area contributed by atoms with E-state index in [9.17, 15) is 25.5 Å². The molecule has 3 unspecified atom stereocenters. The van der Waals surface area contributed by atoms with Crippen LogP contribution in [-0.2, 0) is 18.9 Å². The molecule has 9 atom stereocenters. The van der Waals surface area contributed by atoms with Crippen LogP contribution < -0.4 is 0 Å². The van der Waals surface area contributed by atoms with E-state index in [0.29, 0.717) is 5.75 Å². The fraction of sp³-hybridized carbons (Fsp3) is 1.00. The van der Waals surface area contributed by atoms with Crippen molar-refractivity contribution in [1.82, 2.24) is 0 Å². The molecule has 0 spiro atoms. The standard InChI is InChI=1S/C13H24O9S/c1-19-12-10(18)11(8(16)5(3-14)20-12)22-13-9(17)7(15)6(21-13)4-23-2/h5-18H,3-4H2,1-2H3/t5?,6-,7?,8+,9+,10+,11-,12?,13-/m0/s1. The van der Waals surface area contributed by atoms with Crippen molar-refractivity contribution < 1.29 is 44.5 Å². The highest BCUT2D eigenvalue weighted by molar-refractivity contribution is 7.98. The van der Waals surface area contributed by atoms with Crippen molar-refractivity contribution in [2.24, 2.45) is 0 Å². The largest absolute Gasteiger partial charge is 0.394 e. The Hall–Kier alpha value is -0.0100. The summed E-state index contributed by atoms with van der Waals surface area (Å²) in [4.78, 5) is 0. The van der Waals surface area contributed by atoms with Crippen LogP contribution in [0.5, 0.6) is 0 Å². The van der Waals surface area contributed by atoms with Crippen molar-refractivity contribution in [3.05, 3.63) is 0 Å². The number of hydrogen-bond donors (Lipinski definition) is 5. The first-order valence-electron chi connectivity index (χ1n) is 7.25. The van der Waals surface area contributed by atoms with Gasteiger partial charge in [0.05, 0.1) is 12.7 Å². The second kappa shape index (κ2) is 8.39. The van der Waals surface area contributed by atoms with Crippen molar-refractivity contribution in [1.29, 1.82) is 0 Å². The van der Waals surface area contributed by atoms with E-state index < -0.39 is 61.9 Å². The minimum atomic E-state index is -1.36. The third-order valence-corrected chi connectivity index (χ3v) is 4.66. The fourth-order valence-electron chi connectivity index (χ4n) is 2.69. The smallest absolute Gasteiger partial charge is 0.187 e. The minimum absolute atomic E-state index is 0.455. The summed E-state index contributed by atoms with van der Waals surface area (Å²) in [6, 6.07) is 0. The first kappa shape index (κ1) is 19.3. The van der Waals surface area contributed by atoms with Crippen LogP contribution in [0.4, 0.5) is 0 Å². The average molecular weight is 356 g/mol. The Morgan fingerprint density at radius 3 is 2.13 bits per heavy atom. The van der Waals surface area contributed by atoms with Gasteiger partial charge in [0.25, 0.3) is 0 Å². The van der Waals surface area contributed by atoms with E-state index in [2.05, 4.69) is 0 Å². The summed E-state index contributed by atoms with van der Waals surface area (Å²) in [6.07, 6.45) is -8.50. The molecular weight excluding hydrogens is 332 g/mol. The van der Waals surface area contributed by atoms with E-state index in [1.54, 1.807) is 0 Å². The molecular formula is C13H24O9S. The summed E-state index contributed by atoms with van der Waals surface area (Å²) in [5, 5.41) is 49.5. The molecule has 2 aliphatic rings. The SMILES string of the molecule is COC1OC(CO)[C@@H](O)[C@H](O[C@@H]2O[C@@H](CSC)C(O)[C@H]2O)[C@H]1O. The maximum Gasteiger partial charge on any atom is 0.187 e. The van der Waals surface area contributed by atoms with Gasteiger partial charge in [-0.3, -0.25) is 0 Å². The Kier molecular flexibility index (Phi) is 7.04. The van der Waals surface area contributed by atoms with E-state index >= 15 is 0 Å². The topological polar surface area (TPSA) is 138 Å². The Morgan fingerprint density at radius 2 is 1.57 bits per heavy atom. The van der Waals surface area contributed by atoms with Crippen molar-refractivity contribution in [3.63, 3.8) is 0 Å². The lowest BCUT2D eigenvalue weighted by molar-refractivity contribution is -0.325. The third kappa shape index (κ3) is 3.98. The molecule has 136 valence electrons. The molecule has 0 aromatic rings. The van der Waals surface area contributed by atoms with Gasteiger partial charge in [-0.2, -0.15) is 11.8 Å². The van der Waals surface area contributed by atoms with E-state index in [1.807, 2.05) is 6.26 Å². The maximum atomic E-state index is 10.2. The van der Waals surface area contributed by atoms with Gasteiger partial charge < -0.3 is 44.5 Å². The number of aliphatic hydroxyl groups is 5. The summed E-state index contributed by atoms with van der Waals surface area (Å²) in [6.45, 7) is -0.501. The van der Waals surface area contributed by atoms with Gasteiger partial charge in [-0.25, -0.2) is 0 Å². The molecule has 2 heterocycles. The maximum absolute atomic E-state index is 10.2. The van der Waals surface area contributed by atoms with Gasteiger partial charge in [-0.15, -0.1) is 0 Å². The van der Waals surface area contributed by atoms with Crippen molar-refractivity contribution in [2.75, 3.05) is 25.7 Å². The summed E-state index contributed by atoms with van der Waals surface area (Å²) in [5.74, 6) is 0.455. The first-order chi connectivity index (χ1) is 10.9. The molecule has 9 nitrogen and oxygen atoms in total. The van der Waals surface area contributed by atoms with Gasteiger partial charge in [0.15, 0.2) is 12.6 Å². The van der Waals surface area contributed by atoms with Crippen LogP contribution in [0, 0.1) is 0 Å². The zero-order valence-corrected chi connectivity index (χ0v) is 13.7. The number of aliphatic hydroxyl groups excluding tert-OH is 5. The highest BCUT2D eigenvalue weighted by atomic mass is 32.2. The predicted octanol–water partition coefficient (Wildman–Crippen LogP) is -2.73. The van der Waals surface area contributed by atoms with Crippen molar-refractivity contribution >= 4 is 11.8 Å². The lowest BCUT2D eigenvalue weighted by atomic mass is 9.99. The lowest BCUT2D eigenvalue weighted by Crippen LogP contribution is -2.61. The Bertz CT molecular complexity index is 357. The molecule has 0 aliphatic carbocycles. The van der Waals surface area contributed by atoms with Crippen LogP contribution in [0.15, 0.2) is 0 Å². The molecule has 5 N–H and O–H groups in total. The van der Waals surface area contributed by atoms with Crippen molar-refractivity contribution in [3.8, 4) is 0 Å². The summed E-state index contributed by atoms with van der Waals surface area (Å²) >= 11 is 1.44. The van der Waals surface area contributed by atoms with Crippen LogP contribution in [-0.4, -0.2) is 107 Å². The van der Waals surface area contributed by atoms with E-state index in [-0.39, 0.29) is 0 Å². The lowest BCUT2D eigenvalue weighted by Gasteiger charge is -2.42. The Morgan fingerprint density at radius 1 is 0.913 bits per heavy atom. The van der Waals surface area contributed by atoms with Gasteiger partial charge in [0.2, 0.25) is 0 Å². The average Bonchev–Trinajstić information content (AvgIpc) is 2.80. The third-order valence-electron chi connectivity index (χ3n) is 3.99. The molecule has 2 fully saturated rings. The number of ether oxygens (including phenoxy) is 4. The number of thioether (sulfide) groups is 1. The highest BCUT2D eigenvalue weighted by Gasteiger charge is 2.50. The predicted molar refractivity (Wildman–Crippen MR) is 78.7 cm³/mol. The number of rotatable bonds is 6.